The normalized spacial score (nSPS) is 13.8. The van der Waals surface area contributed by atoms with E-state index in [2.05, 4.69) is 10.1 Å². The summed E-state index contributed by atoms with van der Waals surface area (Å²) in [5.74, 6) is 1.67. The van der Waals surface area contributed by atoms with E-state index in [9.17, 15) is 4.79 Å². The average molecular weight is 364 g/mol. The smallest absolute Gasteiger partial charge is 0.252 e. The molecule has 0 aliphatic rings. The second-order valence-corrected chi connectivity index (χ2v) is 7.19. The molecule has 2 aromatic rings. The zero-order valence-electron chi connectivity index (χ0n) is 15.0. The number of Topliss-reactive ketones (excluding diaryl/α,β-unsaturated/α-hetero) is 1. The fourth-order valence-electron chi connectivity index (χ4n) is 1.90. The molecule has 7 heteroatoms. The first-order valence-corrected chi connectivity index (χ1v) is 8.22. The largest absolute Gasteiger partial charge is 0.461 e. The molecule has 0 bridgehead atoms. The van der Waals surface area contributed by atoms with Crippen LogP contribution in [0.25, 0.3) is 0 Å². The van der Waals surface area contributed by atoms with E-state index in [4.69, 9.17) is 21.1 Å². The number of benzene rings is 1. The molecule has 134 valence electrons. The third-order valence-electron chi connectivity index (χ3n) is 3.47. The monoisotopic (exact) mass is 363 g/mol. The first kappa shape index (κ1) is 19.0. The lowest BCUT2D eigenvalue weighted by Gasteiger charge is -2.25. The van der Waals surface area contributed by atoms with Crippen molar-refractivity contribution in [2.24, 2.45) is 5.41 Å². The van der Waals surface area contributed by atoms with Crippen LogP contribution in [0.5, 0.6) is 11.5 Å². The van der Waals surface area contributed by atoms with Crippen LogP contribution in [0.1, 0.15) is 40.8 Å². The summed E-state index contributed by atoms with van der Waals surface area (Å²) < 4.78 is 12.9. The van der Waals surface area contributed by atoms with Crippen LogP contribution in [0, 0.1) is 5.41 Å². The third kappa shape index (κ3) is 5.06. The van der Waals surface area contributed by atoms with E-state index in [1.807, 2.05) is 20.8 Å². The van der Waals surface area contributed by atoms with Crippen molar-refractivity contribution in [2.75, 3.05) is 0 Å². The van der Waals surface area contributed by atoms with Gasteiger partial charge in [-0.25, -0.2) is 9.67 Å². The molecule has 1 aromatic carbocycles. The zero-order valence-corrected chi connectivity index (χ0v) is 15.7. The summed E-state index contributed by atoms with van der Waals surface area (Å²) in [6.07, 6.45) is 1.94. The second kappa shape index (κ2) is 7.70. The van der Waals surface area contributed by atoms with Crippen molar-refractivity contribution in [3.8, 4) is 11.5 Å². The van der Waals surface area contributed by atoms with Crippen molar-refractivity contribution < 1.29 is 14.3 Å². The Labute approximate surface area is 152 Å². The standard InChI is InChI=1S/C18H22ClN3O3/c1-12(19)13(2)24-14-6-8-15(9-7-14)25-17(16(23)18(3,4)5)22-11-20-10-21-22/h6-11,17H,1-5H3. The maximum absolute atomic E-state index is 12.7. The maximum Gasteiger partial charge on any atom is 0.252 e. The number of allylic oxidation sites excluding steroid dienone is 2. The van der Waals surface area contributed by atoms with E-state index in [-0.39, 0.29) is 5.78 Å². The van der Waals surface area contributed by atoms with Crippen molar-refractivity contribution in [1.82, 2.24) is 14.8 Å². The molecule has 0 radical (unpaired) electrons. The molecule has 0 aliphatic heterocycles. The summed E-state index contributed by atoms with van der Waals surface area (Å²) in [4.78, 5) is 16.6. The summed E-state index contributed by atoms with van der Waals surface area (Å²) in [5.41, 5.74) is -0.584. The molecule has 0 aliphatic carbocycles. The maximum atomic E-state index is 12.7. The number of ether oxygens (including phenoxy) is 2. The van der Waals surface area contributed by atoms with Gasteiger partial charge in [0.1, 0.15) is 29.9 Å². The first-order valence-electron chi connectivity index (χ1n) is 7.84. The topological polar surface area (TPSA) is 66.2 Å². The molecule has 0 N–H and O–H groups in total. The fourth-order valence-corrected chi connectivity index (χ4v) is 1.94. The Morgan fingerprint density at radius 3 is 2.24 bits per heavy atom. The lowest BCUT2D eigenvalue weighted by atomic mass is 9.90. The van der Waals surface area contributed by atoms with Crippen LogP contribution in [0.2, 0.25) is 0 Å². The number of carbonyl (C=O) groups is 1. The van der Waals surface area contributed by atoms with E-state index in [0.717, 1.165) is 0 Å². The van der Waals surface area contributed by atoms with E-state index in [1.165, 1.54) is 17.3 Å². The molecule has 0 amide bonds. The van der Waals surface area contributed by atoms with Crippen molar-refractivity contribution in [1.29, 1.82) is 0 Å². The summed E-state index contributed by atoms with van der Waals surface area (Å²) in [5, 5.41) is 4.62. The van der Waals surface area contributed by atoms with Crippen LogP contribution in [0.15, 0.2) is 47.7 Å². The van der Waals surface area contributed by atoms with Crippen LogP contribution >= 0.6 is 11.6 Å². The van der Waals surface area contributed by atoms with Crippen molar-refractivity contribution in [3.05, 3.63) is 47.7 Å². The lowest BCUT2D eigenvalue weighted by Crippen LogP contribution is -2.34. The van der Waals surface area contributed by atoms with Gasteiger partial charge in [-0.15, -0.1) is 0 Å². The molecular weight excluding hydrogens is 342 g/mol. The van der Waals surface area contributed by atoms with Crippen LogP contribution in [-0.2, 0) is 4.79 Å². The van der Waals surface area contributed by atoms with Gasteiger partial charge in [-0.05, 0) is 38.1 Å². The first-order chi connectivity index (χ1) is 11.7. The molecule has 0 saturated carbocycles. The molecule has 2 rings (SSSR count). The van der Waals surface area contributed by atoms with Crippen LogP contribution < -0.4 is 9.47 Å². The second-order valence-electron chi connectivity index (χ2n) is 6.62. The molecule has 1 atom stereocenters. The molecule has 1 aromatic heterocycles. The van der Waals surface area contributed by atoms with E-state index < -0.39 is 11.6 Å². The summed E-state index contributed by atoms with van der Waals surface area (Å²) in [6.45, 7) is 9.06. The van der Waals surface area contributed by atoms with Gasteiger partial charge in [0.15, 0.2) is 0 Å². The predicted molar refractivity (Wildman–Crippen MR) is 95.4 cm³/mol. The SMILES string of the molecule is CC(Cl)=C(C)Oc1ccc(OC(C(=O)C(C)(C)C)n2cncn2)cc1. The van der Waals surface area contributed by atoms with Gasteiger partial charge < -0.3 is 9.47 Å². The van der Waals surface area contributed by atoms with E-state index >= 15 is 0 Å². The van der Waals surface area contributed by atoms with Crippen molar-refractivity contribution in [2.45, 2.75) is 40.8 Å². The van der Waals surface area contributed by atoms with Gasteiger partial charge in [0.05, 0.1) is 5.03 Å². The fraction of sp³-hybridized carbons (Fsp3) is 0.389. The Morgan fingerprint density at radius 2 is 1.76 bits per heavy atom. The van der Waals surface area contributed by atoms with E-state index in [0.29, 0.717) is 22.3 Å². The Kier molecular flexibility index (Phi) is 5.85. The highest BCUT2D eigenvalue weighted by atomic mass is 35.5. The van der Waals surface area contributed by atoms with Crippen LogP contribution in [0.3, 0.4) is 0 Å². The van der Waals surface area contributed by atoms with Gasteiger partial charge >= 0.3 is 0 Å². The number of ketones is 1. The van der Waals surface area contributed by atoms with Crippen LogP contribution in [-0.4, -0.2) is 20.5 Å². The molecule has 6 nitrogen and oxygen atoms in total. The molecule has 0 saturated heterocycles. The minimum atomic E-state index is -0.888. The minimum absolute atomic E-state index is 0.102. The van der Waals surface area contributed by atoms with Gasteiger partial charge in [-0.3, -0.25) is 4.79 Å². The average Bonchev–Trinajstić information content (AvgIpc) is 3.06. The summed E-state index contributed by atoms with van der Waals surface area (Å²) in [7, 11) is 0. The molecular formula is C18H22ClN3O3. The summed E-state index contributed by atoms with van der Waals surface area (Å²) in [6, 6.07) is 6.95. The van der Waals surface area contributed by atoms with E-state index in [1.54, 1.807) is 38.1 Å². The highest BCUT2D eigenvalue weighted by Gasteiger charge is 2.33. The Balaban J connectivity index is 2.19. The number of carbonyl (C=O) groups excluding carboxylic acids is 1. The number of hydrogen-bond acceptors (Lipinski definition) is 5. The predicted octanol–water partition coefficient (Wildman–Crippen LogP) is 4.34. The zero-order chi connectivity index (χ0) is 18.6. The minimum Gasteiger partial charge on any atom is -0.461 e. The molecule has 25 heavy (non-hydrogen) atoms. The lowest BCUT2D eigenvalue weighted by molar-refractivity contribution is -0.138. The third-order valence-corrected chi connectivity index (χ3v) is 3.73. The summed E-state index contributed by atoms with van der Waals surface area (Å²) >= 11 is 5.89. The number of rotatable bonds is 6. The Bertz CT molecular complexity index is 743. The van der Waals surface area contributed by atoms with Gasteiger partial charge in [0, 0.05) is 5.41 Å². The molecule has 1 heterocycles. The van der Waals surface area contributed by atoms with Crippen molar-refractivity contribution >= 4 is 17.4 Å². The van der Waals surface area contributed by atoms with Crippen molar-refractivity contribution in [3.63, 3.8) is 0 Å². The van der Waals surface area contributed by atoms with Gasteiger partial charge in [-0.1, -0.05) is 32.4 Å². The Hall–Kier alpha value is -2.34. The number of nitrogens with zero attached hydrogens (tertiary/aromatic N) is 3. The van der Waals surface area contributed by atoms with Gasteiger partial charge in [-0.2, -0.15) is 5.10 Å². The quantitative estimate of drug-likeness (QED) is 0.714. The molecule has 0 spiro atoms. The number of halogens is 1. The number of hydrogen-bond donors (Lipinski definition) is 0. The number of aromatic nitrogens is 3. The Morgan fingerprint density at radius 1 is 1.16 bits per heavy atom. The van der Waals surface area contributed by atoms with Gasteiger partial charge in [0.2, 0.25) is 5.78 Å². The van der Waals surface area contributed by atoms with Crippen LogP contribution in [0.4, 0.5) is 0 Å². The molecule has 0 fully saturated rings. The highest BCUT2D eigenvalue weighted by molar-refractivity contribution is 6.29. The van der Waals surface area contributed by atoms with Gasteiger partial charge in [0.25, 0.3) is 6.23 Å². The molecule has 1 unspecified atom stereocenters. The highest BCUT2D eigenvalue weighted by Crippen LogP contribution is 2.27.